The van der Waals surface area contributed by atoms with E-state index in [0.717, 1.165) is 0 Å². The molecular weight excluding hydrogens is 472 g/mol. The van der Waals surface area contributed by atoms with Crippen LogP contribution in [0, 0.1) is 23.7 Å². The van der Waals surface area contributed by atoms with Gasteiger partial charge in [-0.25, -0.2) is 27.2 Å². The summed E-state index contributed by atoms with van der Waals surface area (Å²) in [6.07, 6.45) is -1.66. The maximum Gasteiger partial charge on any atom is 0.407 e. The van der Waals surface area contributed by atoms with Gasteiger partial charge in [-0.3, -0.25) is 9.59 Å². The average Bonchev–Trinajstić information content (AvgIpc) is 3.35. The van der Waals surface area contributed by atoms with Gasteiger partial charge in [0.05, 0.1) is 11.8 Å². The van der Waals surface area contributed by atoms with Crippen LogP contribution >= 0.6 is 0 Å². The first kappa shape index (κ1) is 29.2. The number of carboxylic acid groups (broad SMARTS) is 2. The Hall–Kier alpha value is -2.80. The molecule has 2 amide bonds. The summed E-state index contributed by atoms with van der Waals surface area (Å²) in [4.78, 5) is 43.2. The summed E-state index contributed by atoms with van der Waals surface area (Å²) in [5, 5.41) is 21.2. The standard InChI is InChI=1S/2C10H15F2NO4/c2*1-9(2,3)17-8(16)13-4-5-6(7(14)15)10(5,11)12/h2*5-6H,4H2,1-3H3,(H,13,16)(H,14,15)/t2*5-,6-/m10/s1. The smallest absolute Gasteiger partial charge is 0.407 e. The molecule has 0 unspecified atom stereocenters. The molecule has 4 atom stereocenters. The molecule has 0 spiro atoms. The van der Waals surface area contributed by atoms with Crippen LogP contribution in [0.1, 0.15) is 41.5 Å². The van der Waals surface area contributed by atoms with Crippen molar-refractivity contribution in [3.63, 3.8) is 0 Å². The average molecular weight is 502 g/mol. The van der Waals surface area contributed by atoms with Crippen LogP contribution in [-0.2, 0) is 19.1 Å². The highest BCUT2D eigenvalue weighted by molar-refractivity contribution is 5.77. The molecule has 2 fully saturated rings. The molecule has 10 nitrogen and oxygen atoms in total. The third-order valence-electron chi connectivity index (χ3n) is 4.67. The van der Waals surface area contributed by atoms with Crippen molar-refractivity contribution >= 4 is 24.1 Å². The van der Waals surface area contributed by atoms with E-state index in [9.17, 15) is 36.7 Å². The van der Waals surface area contributed by atoms with E-state index >= 15 is 0 Å². The third-order valence-corrected chi connectivity index (χ3v) is 4.67. The van der Waals surface area contributed by atoms with Crippen LogP contribution < -0.4 is 10.6 Å². The zero-order chi connectivity index (χ0) is 26.9. The van der Waals surface area contributed by atoms with Gasteiger partial charge in [-0.15, -0.1) is 0 Å². The maximum absolute atomic E-state index is 12.9. The van der Waals surface area contributed by atoms with E-state index in [-0.39, 0.29) is 0 Å². The van der Waals surface area contributed by atoms with Crippen molar-refractivity contribution in [2.75, 3.05) is 13.1 Å². The van der Waals surface area contributed by atoms with Gasteiger partial charge >= 0.3 is 24.1 Å². The minimum atomic E-state index is -3.25. The lowest BCUT2D eigenvalue weighted by Crippen LogP contribution is -2.34. The van der Waals surface area contributed by atoms with Gasteiger partial charge in [0.25, 0.3) is 11.8 Å². The number of nitrogens with one attached hydrogen (secondary N) is 2. The molecule has 0 aromatic heterocycles. The van der Waals surface area contributed by atoms with Gasteiger partial charge < -0.3 is 30.3 Å². The number of amides is 2. The molecule has 14 heteroatoms. The Labute approximate surface area is 193 Å². The van der Waals surface area contributed by atoms with E-state index in [0.29, 0.717) is 0 Å². The predicted molar refractivity (Wildman–Crippen MR) is 108 cm³/mol. The predicted octanol–water partition coefficient (Wildman–Crippen LogP) is 2.95. The molecule has 0 bridgehead atoms. The van der Waals surface area contributed by atoms with Crippen LogP contribution in [0.4, 0.5) is 27.2 Å². The Balaban J connectivity index is 0.000000340. The molecule has 4 N–H and O–H groups in total. The van der Waals surface area contributed by atoms with Gasteiger partial charge in [0, 0.05) is 13.1 Å². The number of hydrogen-bond donors (Lipinski definition) is 4. The van der Waals surface area contributed by atoms with Crippen molar-refractivity contribution in [2.45, 2.75) is 64.6 Å². The first-order valence-corrected chi connectivity index (χ1v) is 10.3. The summed E-state index contributed by atoms with van der Waals surface area (Å²) < 4.78 is 61.4. The van der Waals surface area contributed by atoms with E-state index in [1.165, 1.54) is 0 Å². The Morgan fingerprint density at radius 2 is 0.971 bits per heavy atom. The molecule has 0 aliphatic heterocycles. The Morgan fingerprint density at radius 1 is 0.706 bits per heavy atom. The molecule has 34 heavy (non-hydrogen) atoms. The number of alkyl halides is 4. The molecular formula is C20H30F4N2O8. The highest BCUT2D eigenvalue weighted by Crippen LogP contribution is 2.55. The summed E-state index contributed by atoms with van der Waals surface area (Å²) in [6, 6.07) is 0. The van der Waals surface area contributed by atoms with Crippen molar-refractivity contribution in [1.82, 2.24) is 10.6 Å². The highest BCUT2D eigenvalue weighted by Gasteiger charge is 2.72. The van der Waals surface area contributed by atoms with E-state index in [1.54, 1.807) is 41.5 Å². The minimum absolute atomic E-state index is 0.404. The van der Waals surface area contributed by atoms with Crippen LogP contribution in [0.3, 0.4) is 0 Å². The van der Waals surface area contributed by atoms with Crippen molar-refractivity contribution in [1.29, 1.82) is 0 Å². The molecule has 2 aliphatic carbocycles. The van der Waals surface area contributed by atoms with Crippen LogP contribution in [0.5, 0.6) is 0 Å². The number of alkyl carbamates (subject to hydrolysis) is 2. The van der Waals surface area contributed by atoms with Gasteiger partial charge in [-0.05, 0) is 41.5 Å². The summed E-state index contributed by atoms with van der Waals surface area (Å²) in [5.74, 6) is -15.7. The fourth-order valence-corrected chi connectivity index (χ4v) is 2.98. The van der Waals surface area contributed by atoms with Gasteiger partial charge in [0.1, 0.15) is 23.0 Å². The topological polar surface area (TPSA) is 151 Å². The van der Waals surface area contributed by atoms with Gasteiger partial charge in [-0.2, -0.15) is 0 Å². The minimum Gasteiger partial charge on any atom is -0.481 e. The van der Waals surface area contributed by atoms with Gasteiger partial charge in [0.2, 0.25) is 0 Å². The largest absolute Gasteiger partial charge is 0.481 e. The molecule has 2 rings (SSSR count). The Kier molecular flexibility index (Phi) is 8.45. The second-order valence-electron chi connectivity index (χ2n) is 9.96. The molecule has 0 saturated heterocycles. The van der Waals surface area contributed by atoms with Crippen LogP contribution in [0.15, 0.2) is 0 Å². The van der Waals surface area contributed by atoms with E-state index in [1.807, 2.05) is 0 Å². The molecule has 2 aliphatic rings. The SMILES string of the molecule is CC(C)(C)OC(=O)NC[C@@H]1[C@H](C(=O)O)C1(F)F.CC(C)(C)OC(=O)NC[C@H]1[C@@H](C(=O)O)C1(F)F. The second-order valence-corrected chi connectivity index (χ2v) is 9.96. The highest BCUT2D eigenvalue weighted by atomic mass is 19.3. The lowest BCUT2D eigenvalue weighted by molar-refractivity contribution is -0.142. The summed E-state index contributed by atoms with van der Waals surface area (Å²) in [5.41, 5.74) is -1.44. The van der Waals surface area contributed by atoms with E-state index in [2.05, 4.69) is 10.6 Å². The van der Waals surface area contributed by atoms with Crippen LogP contribution in [0.25, 0.3) is 0 Å². The number of hydrogen-bond acceptors (Lipinski definition) is 6. The molecule has 0 aromatic carbocycles. The third kappa shape index (κ3) is 8.20. The molecule has 0 heterocycles. The number of carbonyl (C=O) groups excluding carboxylic acids is 2. The lowest BCUT2D eigenvalue weighted by Gasteiger charge is -2.19. The fraction of sp³-hybridized carbons (Fsp3) is 0.800. The van der Waals surface area contributed by atoms with Crippen LogP contribution in [-0.4, -0.2) is 70.5 Å². The van der Waals surface area contributed by atoms with Crippen molar-refractivity contribution in [3.05, 3.63) is 0 Å². The van der Waals surface area contributed by atoms with E-state index in [4.69, 9.17) is 19.7 Å². The number of ether oxygens (including phenoxy) is 2. The number of rotatable bonds is 6. The van der Waals surface area contributed by atoms with Gasteiger partial charge in [-0.1, -0.05) is 0 Å². The zero-order valence-electron chi connectivity index (χ0n) is 19.6. The number of carboxylic acids is 2. The normalized spacial score (nSPS) is 26.2. The summed E-state index contributed by atoms with van der Waals surface area (Å²) in [6.45, 7) is 9.02. The number of carbonyl (C=O) groups is 4. The quantitative estimate of drug-likeness (QED) is 0.405. The number of halogens is 4. The van der Waals surface area contributed by atoms with Crippen molar-refractivity contribution in [3.8, 4) is 0 Å². The molecule has 0 radical (unpaired) electrons. The summed E-state index contributed by atoms with van der Waals surface area (Å²) >= 11 is 0. The maximum atomic E-state index is 12.9. The Morgan fingerprint density at radius 3 is 1.15 bits per heavy atom. The zero-order valence-corrected chi connectivity index (χ0v) is 19.6. The Bertz CT molecular complexity index is 741. The fourth-order valence-electron chi connectivity index (χ4n) is 2.98. The monoisotopic (exact) mass is 502 g/mol. The lowest BCUT2D eigenvalue weighted by atomic mass is 10.2. The van der Waals surface area contributed by atoms with Gasteiger partial charge in [0.15, 0.2) is 0 Å². The second kappa shape index (κ2) is 9.82. The van der Waals surface area contributed by atoms with Crippen molar-refractivity contribution in [2.24, 2.45) is 23.7 Å². The molecule has 196 valence electrons. The summed E-state index contributed by atoms with van der Waals surface area (Å²) in [7, 11) is 0. The van der Waals surface area contributed by atoms with Crippen molar-refractivity contribution < 1.29 is 56.4 Å². The first-order chi connectivity index (χ1) is 15.1. The first-order valence-electron chi connectivity index (χ1n) is 10.3. The van der Waals surface area contributed by atoms with Crippen LogP contribution in [0.2, 0.25) is 0 Å². The molecule has 0 aromatic rings. The number of aliphatic carboxylic acids is 2. The van der Waals surface area contributed by atoms with E-state index < -0.39 is 83.9 Å². The molecule has 2 saturated carbocycles.